The lowest BCUT2D eigenvalue weighted by atomic mass is 10.2. The molecule has 1 atom stereocenters. The molecule has 0 radical (unpaired) electrons. The average molecular weight is 290 g/mol. The summed E-state index contributed by atoms with van der Waals surface area (Å²) < 4.78 is 5.68. The molecule has 1 aromatic carbocycles. The highest BCUT2D eigenvalue weighted by Gasteiger charge is 2.16. The summed E-state index contributed by atoms with van der Waals surface area (Å²) in [5.41, 5.74) is 2.83. The minimum Gasteiger partial charge on any atom is -0.369 e. The molecule has 0 aliphatic carbocycles. The lowest BCUT2D eigenvalue weighted by Gasteiger charge is -2.23. The first-order chi connectivity index (χ1) is 9.81. The number of pyridine rings is 1. The van der Waals surface area contributed by atoms with Crippen LogP contribution in [-0.4, -0.2) is 24.7 Å². The highest BCUT2D eigenvalue weighted by molar-refractivity contribution is 6.30. The summed E-state index contributed by atoms with van der Waals surface area (Å²) in [6, 6.07) is 11.6. The van der Waals surface area contributed by atoms with Crippen LogP contribution in [0.4, 0.5) is 11.4 Å². The van der Waals surface area contributed by atoms with Crippen LogP contribution in [-0.2, 0) is 4.74 Å². The van der Waals surface area contributed by atoms with Crippen LogP contribution in [0, 0.1) is 0 Å². The Morgan fingerprint density at radius 3 is 2.90 bits per heavy atom. The Labute approximate surface area is 123 Å². The zero-order chi connectivity index (χ0) is 13.8. The summed E-state index contributed by atoms with van der Waals surface area (Å²) >= 11 is 5.96. The van der Waals surface area contributed by atoms with E-state index in [2.05, 4.69) is 15.6 Å². The SMILES string of the molecule is Clc1cccc(Nc2ccc([C@@H]3CNCCO3)nc2)c1. The molecule has 2 aromatic rings. The number of nitrogens with zero attached hydrogens (tertiary/aromatic N) is 1. The van der Waals surface area contributed by atoms with E-state index in [4.69, 9.17) is 16.3 Å². The van der Waals surface area contributed by atoms with Crippen LogP contribution in [0.1, 0.15) is 11.8 Å². The summed E-state index contributed by atoms with van der Waals surface area (Å²) in [5.74, 6) is 0. The van der Waals surface area contributed by atoms with Crippen molar-refractivity contribution in [2.24, 2.45) is 0 Å². The van der Waals surface area contributed by atoms with Crippen molar-refractivity contribution < 1.29 is 4.74 Å². The molecule has 0 amide bonds. The minimum atomic E-state index is 0.0453. The Bertz CT molecular complexity index is 568. The van der Waals surface area contributed by atoms with Gasteiger partial charge >= 0.3 is 0 Å². The van der Waals surface area contributed by atoms with Gasteiger partial charge in [-0.05, 0) is 30.3 Å². The molecule has 104 valence electrons. The number of benzene rings is 1. The zero-order valence-corrected chi connectivity index (χ0v) is 11.7. The smallest absolute Gasteiger partial charge is 0.112 e. The van der Waals surface area contributed by atoms with Crippen molar-refractivity contribution in [1.82, 2.24) is 10.3 Å². The number of ether oxygens (including phenoxy) is 1. The quantitative estimate of drug-likeness (QED) is 0.911. The van der Waals surface area contributed by atoms with Crippen molar-refractivity contribution in [3.63, 3.8) is 0 Å². The van der Waals surface area contributed by atoms with E-state index in [0.29, 0.717) is 5.02 Å². The summed E-state index contributed by atoms with van der Waals surface area (Å²) in [4.78, 5) is 4.46. The second kappa shape index (κ2) is 6.22. The van der Waals surface area contributed by atoms with E-state index >= 15 is 0 Å². The molecule has 2 N–H and O–H groups in total. The second-order valence-electron chi connectivity index (χ2n) is 4.67. The van der Waals surface area contributed by atoms with Gasteiger partial charge in [-0.1, -0.05) is 17.7 Å². The maximum Gasteiger partial charge on any atom is 0.112 e. The standard InChI is InChI=1S/C15H16ClN3O/c16-11-2-1-3-12(8-11)19-13-4-5-14(18-9-13)15-10-17-6-7-20-15/h1-5,8-9,15,17,19H,6-7,10H2/t15-/m0/s1. The van der Waals surface area contributed by atoms with Crippen LogP contribution in [0.3, 0.4) is 0 Å². The first-order valence-corrected chi connectivity index (χ1v) is 7.00. The van der Waals surface area contributed by atoms with Crippen molar-refractivity contribution in [2.45, 2.75) is 6.10 Å². The van der Waals surface area contributed by atoms with Crippen molar-refractivity contribution in [3.8, 4) is 0 Å². The molecule has 0 saturated carbocycles. The molecule has 5 heteroatoms. The number of anilines is 2. The second-order valence-corrected chi connectivity index (χ2v) is 5.11. The highest BCUT2D eigenvalue weighted by atomic mass is 35.5. The van der Waals surface area contributed by atoms with Gasteiger partial charge in [-0.2, -0.15) is 0 Å². The average Bonchev–Trinajstić information content (AvgIpc) is 2.49. The van der Waals surface area contributed by atoms with Crippen molar-refractivity contribution in [2.75, 3.05) is 25.0 Å². The van der Waals surface area contributed by atoms with Gasteiger partial charge in [-0.25, -0.2) is 0 Å². The van der Waals surface area contributed by atoms with Gasteiger partial charge in [0.25, 0.3) is 0 Å². The van der Waals surface area contributed by atoms with Gasteiger partial charge in [0.15, 0.2) is 0 Å². The van der Waals surface area contributed by atoms with Gasteiger partial charge in [-0.3, -0.25) is 4.98 Å². The maximum atomic E-state index is 5.96. The van der Waals surface area contributed by atoms with E-state index in [1.165, 1.54) is 0 Å². The van der Waals surface area contributed by atoms with Crippen molar-refractivity contribution in [1.29, 1.82) is 0 Å². The number of rotatable bonds is 3. The molecule has 0 bridgehead atoms. The van der Waals surface area contributed by atoms with E-state index in [0.717, 1.165) is 36.8 Å². The molecule has 1 aliphatic rings. The molecule has 2 heterocycles. The molecule has 1 aliphatic heterocycles. The Morgan fingerprint density at radius 1 is 1.25 bits per heavy atom. The van der Waals surface area contributed by atoms with Crippen molar-refractivity contribution in [3.05, 3.63) is 53.3 Å². The number of nitrogens with one attached hydrogen (secondary N) is 2. The van der Waals surface area contributed by atoms with E-state index < -0.39 is 0 Å². The third-order valence-corrected chi connectivity index (χ3v) is 3.39. The summed E-state index contributed by atoms with van der Waals surface area (Å²) in [6.07, 6.45) is 1.86. The van der Waals surface area contributed by atoms with E-state index in [1.54, 1.807) is 0 Å². The fourth-order valence-corrected chi connectivity index (χ4v) is 2.35. The molecule has 0 unspecified atom stereocenters. The third kappa shape index (κ3) is 3.28. The molecule has 4 nitrogen and oxygen atoms in total. The third-order valence-electron chi connectivity index (χ3n) is 3.16. The number of morpholine rings is 1. The molecule has 20 heavy (non-hydrogen) atoms. The zero-order valence-electron chi connectivity index (χ0n) is 11.0. The summed E-state index contributed by atoms with van der Waals surface area (Å²) in [5, 5.41) is 7.28. The fraction of sp³-hybridized carbons (Fsp3) is 0.267. The summed E-state index contributed by atoms with van der Waals surface area (Å²) in [6.45, 7) is 2.45. The molecular formula is C15H16ClN3O. The predicted octanol–water partition coefficient (Wildman–Crippen LogP) is 3.14. The van der Waals surface area contributed by atoms with Gasteiger partial charge in [0.1, 0.15) is 6.10 Å². The molecule has 1 fully saturated rings. The van der Waals surface area contributed by atoms with Gasteiger partial charge in [0, 0.05) is 23.8 Å². The van der Waals surface area contributed by atoms with E-state index in [1.807, 2.05) is 42.6 Å². The molecule has 0 spiro atoms. The van der Waals surface area contributed by atoms with Crippen LogP contribution in [0.15, 0.2) is 42.6 Å². The first-order valence-electron chi connectivity index (χ1n) is 6.62. The normalized spacial score (nSPS) is 18.8. The molecular weight excluding hydrogens is 274 g/mol. The molecule has 1 aromatic heterocycles. The van der Waals surface area contributed by atoms with Crippen LogP contribution in [0.5, 0.6) is 0 Å². The van der Waals surface area contributed by atoms with Gasteiger partial charge in [-0.15, -0.1) is 0 Å². The first kappa shape index (κ1) is 13.4. The largest absolute Gasteiger partial charge is 0.369 e. The Kier molecular flexibility index (Phi) is 4.16. The predicted molar refractivity (Wildman–Crippen MR) is 80.5 cm³/mol. The molecule has 1 saturated heterocycles. The van der Waals surface area contributed by atoms with Crippen LogP contribution >= 0.6 is 11.6 Å². The van der Waals surface area contributed by atoms with Gasteiger partial charge in [0.05, 0.1) is 24.2 Å². The monoisotopic (exact) mass is 289 g/mol. The lowest BCUT2D eigenvalue weighted by molar-refractivity contribution is 0.0250. The topological polar surface area (TPSA) is 46.2 Å². The Balaban J connectivity index is 1.69. The van der Waals surface area contributed by atoms with E-state index in [9.17, 15) is 0 Å². The fourth-order valence-electron chi connectivity index (χ4n) is 2.16. The number of aromatic nitrogens is 1. The number of hydrogen-bond acceptors (Lipinski definition) is 4. The van der Waals surface area contributed by atoms with E-state index in [-0.39, 0.29) is 6.10 Å². The maximum absolute atomic E-state index is 5.96. The number of halogens is 1. The van der Waals surface area contributed by atoms with Gasteiger partial charge in [0.2, 0.25) is 0 Å². The molecule has 3 rings (SSSR count). The van der Waals surface area contributed by atoms with Crippen LogP contribution < -0.4 is 10.6 Å². The number of hydrogen-bond donors (Lipinski definition) is 2. The highest BCUT2D eigenvalue weighted by Crippen LogP contribution is 2.22. The van der Waals surface area contributed by atoms with Crippen molar-refractivity contribution >= 4 is 23.0 Å². The van der Waals surface area contributed by atoms with Gasteiger partial charge < -0.3 is 15.4 Å². The Hall–Kier alpha value is -1.62. The Morgan fingerprint density at radius 2 is 2.20 bits per heavy atom. The lowest BCUT2D eigenvalue weighted by Crippen LogP contribution is -2.33. The van der Waals surface area contributed by atoms with Crippen LogP contribution in [0.25, 0.3) is 0 Å². The summed E-state index contributed by atoms with van der Waals surface area (Å²) in [7, 11) is 0. The minimum absolute atomic E-state index is 0.0453. The van der Waals surface area contributed by atoms with Crippen LogP contribution in [0.2, 0.25) is 5.02 Å².